The van der Waals surface area contributed by atoms with Gasteiger partial charge in [0.2, 0.25) is 11.8 Å². The van der Waals surface area contributed by atoms with E-state index in [0.29, 0.717) is 30.6 Å². The Morgan fingerprint density at radius 1 is 1.24 bits per heavy atom. The van der Waals surface area contributed by atoms with Crippen LogP contribution in [0.4, 0.5) is 17.5 Å². The Kier molecular flexibility index (Phi) is 6.91. The number of benzene rings is 1. The molecule has 0 atom stereocenters. The van der Waals surface area contributed by atoms with Gasteiger partial charge in [0.15, 0.2) is 0 Å². The van der Waals surface area contributed by atoms with Crippen LogP contribution in [-0.2, 0) is 6.54 Å². The van der Waals surface area contributed by atoms with E-state index in [1.54, 1.807) is 0 Å². The molecule has 0 radical (unpaired) electrons. The van der Waals surface area contributed by atoms with E-state index in [1.807, 2.05) is 29.2 Å². The number of nitro groups is 1. The number of unbranched alkanes of at least 4 members (excludes halogenated alkanes) is 2. The van der Waals surface area contributed by atoms with Gasteiger partial charge in [-0.3, -0.25) is 10.1 Å². The predicted octanol–water partition coefficient (Wildman–Crippen LogP) is 2.76. The third-order valence-corrected chi connectivity index (χ3v) is 4.08. The summed E-state index contributed by atoms with van der Waals surface area (Å²) in [5, 5.41) is 11.5. The van der Waals surface area contributed by atoms with Crippen molar-refractivity contribution in [2.45, 2.75) is 25.8 Å². The minimum atomic E-state index is -0.598. The highest BCUT2D eigenvalue weighted by atomic mass is 35.5. The zero-order chi connectivity index (χ0) is 18.2. The molecule has 4 N–H and O–H groups in total. The topological polar surface area (TPSA) is 124 Å². The molecule has 0 aliphatic carbocycles. The highest BCUT2D eigenvalue weighted by Crippen LogP contribution is 2.23. The second-order valence-electron chi connectivity index (χ2n) is 5.56. The van der Waals surface area contributed by atoms with Crippen LogP contribution in [-0.4, -0.2) is 28.0 Å². The highest BCUT2D eigenvalue weighted by Gasteiger charge is 2.18. The molecule has 9 heteroatoms. The number of nitrogens with two attached hydrogens (primary N) is 2. The quantitative estimate of drug-likeness (QED) is 0.398. The van der Waals surface area contributed by atoms with Crippen LogP contribution in [0.25, 0.3) is 0 Å². The number of aromatic nitrogens is 2. The van der Waals surface area contributed by atoms with Crippen LogP contribution >= 0.6 is 11.6 Å². The predicted molar refractivity (Wildman–Crippen MR) is 98.5 cm³/mol. The molecule has 1 aromatic heterocycles. The first kappa shape index (κ1) is 18.9. The number of halogens is 1. The van der Waals surface area contributed by atoms with E-state index in [1.165, 1.54) is 0 Å². The average molecular weight is 365 g/mol. The van der Waals surface area contributed by atoms with Gasteiger partial charge >= 0.3 is 5.69 Å². The van der Waals surface area contributed by atoms with E-state index < -0.39 is 4.92 Å². The fourth-order valence-electron chi connectivity index (χ4n) is 2.38. The summed E-state index contributed by atoms with van der Waals surface area (Å²) in [6.07, 6.45) is 3.93. The number of nitrogen functional groups attached to an aromatic ring is 1. The number of nitrogens with zero attached hydrogens (tertiary/aromatic N) is 4. The van der Waals surface area contributed by atoms with Crippen LogP contribution in [0, 0.1) is 10.1 Å². The first-order valence-corrected chi connectivity index (χ1v) is 8.36. The minimum absolute atomic E-state index is 0.152. The van der Waals surface area contributed by atoms with E-state index in [9.17, 15) is 10.1 Å². The van der Waals surface area contributed by atoms with Gasteiger partial charge in [0.05, 0.1) is 4.92 Å². The van der Waals surface area contributed by atoms with Crippen LogP contribution in [0.5, 0.6) is 0 Å². The maximum atomic E-state index is 10.9. The monoisotopic (exact) mass is 364 g/mol. The van der Waals surface area contributed by atoms with E-state index in [-0.39, 0.29) is 11.5 Å². The first-order chi connectivity index (χ1) is 12.0. The maximum absolute atomic E-state index is 10.9. The smallest absolute Gasteiger partial charge is 0.329 e. The molecule has 0 spiro atoms. The van der Waals surface area contributed by atoms with Gasteiger partial charge in [-0.25, -0.2) is 4.98 Å². The number of rotatable bonds is 9. The summed E-state index contributed by atoms with van der Waals surface area (Å²) >= 11 is 6.24. The van der Waals surface area contributed by atoms with Crippen LogP contribution in [0.2, 0.25) is 5.02 Å². The molecule has 0 bridgehead atoms. The molecular formula is C16H21ClN6O2. The summed E-state index contributed by atoms with van der Waals surface area (Å²) < 4.78 is 0. The lowest BCUT2D eigenvalue weighted by Gasteiger charge is -2.23. The van der Waals surface area contributed by atoms with E-state index >= 15 is 0 Å². The Hall–Kier alpha value is -2.45. The van der Waals surface area contributed by atoms with Crippen molar-refractivity contribution in [2.75, 3.05) is 23.7 Å². The lowest BCUT2D eigenvalue weighted by atomic mass is 10.2. The Morgan fingerprint density at radius 3 is 2.64 bits per heavy atom. The molecule has 0 aliphatic heterocycles. The summed E-state index contributed by atoms with van der Waals surface area (Å²) in [4.78, 5) is 20.4. The molecule has 1 aromatic carbocycles. The van der Waals surface area contributed by atoms with Crippen LogP contribution < -0.4 is 16.4 Å². The molecule has 2 rings (SSSR count). The fraction of sp³-hybridized carbons (Fsp3) is 0.375. The molecule has 0 amide bonds. The number of hydrogen-bond acceptors (Lipinski definition) is 7. The highest BCUT2D eigenvalue weighted by molar-refractivity contribution is 6.31. The largest absolute Gasteiger partial charge is 0.378 e. The number of hydrogen-bond donors (Lipinski definition) is 2. The van der Waals surface area contributed by atoms with Gasteiger partial charge in [-0.05, 0) is 31.0 Å². The molecular weight excluding hydrogens is 344 g/mol. The first-order valence-electron chi connectivity index (χ1n) is 7.98. The summed E-state index contributed by atoms with van der Waals surface area (Å²) in [5.41, 5.74) is 11.8. The Labute approximate surface area is 151 Å². The molecule has 0 aliphatic rings. The zero-order valence-corrected chi connectivity index (χ0v) is 14.5. The maximum Gasteiger partial charge on any atom is 0.329 e. The molecule has 0 fully saturated rings. The fourth-order valence-corrected chi connectivity index (χ4v) is 2.57. The van der Waals surface area contributed by atoms with Crippen molar-refractivity contribution in [3.63, 3.8) is 0 Å². The van der Waals surface area contributed by atoms with Crippen LogP contribution in [0.15, 0.2) is 30.5 Å². The zero-order valence-electron chi connectivity index (χ0n) is 13.8. The molecule has 0 saturated carbocycles. The normalized spacial score (nSPS) is 10.6. The lowest BCUT2D eigenvalue weighted by Crippen LogP contribution is -2.26. The molecule has 0 unspecified atom stereocenters. The van der Waals surface area contributed by atoms with Crippen molar-refractivity contribution in [1.29, 1.82) is 0 Å². The van der Waals surface area contributed by atoms with Gasteiger partial charge in [0.1, 0.15) is 6.20 Å². The van der Waals surface area contributed by atoms with Crippen molar-refractivity contribution >= 4 is 29.1 Å². The van der Waals surface area contributed by atoms with Gasteiger partial charge in [0.25, 0.3) is 0 Å². The van der Waals surface area contributed by atoms with Gasteiger partial charge in [0, 0.05) is 18.1 Å². The van der Waals surface area contributed by atoms with Gasteiger partial charge < -0.3 is 16.4 Å². The third-order valence-electron chi connectivity index (χ3n) is 3.72. The molecule has 25 heavy (non-hydrogen) atoms. The van der Waals surface area contributed by atoms with E-state index in [0.717, 1.165) is 31.0 Å². The second kappa shape index (κ2) is 9.14. The van der Waals surface area contributed by atoms with Crippen molar-refractivity contribution < 1.29 is 4.92 Å². The Bertz CT molecular complexity index is 728. The van der Waals surface area contributed by atoms with Crippen molar-refractivity contribution in [3.05, 3.63) is 51.2 Å². The summed E-state index contributed by atoms with van der Waals surface area (Å²) in [6, 6.07) is 7.50. The van der Waals surface area contributed by atoms with E-state index in [4.69, 9.17) is 23.1 Å². The lowest BCUT2D eigenvalue weighted by molar-refractivity contribution is -0.384. The van der Waals surface area contributed by atoms with Crippen LogP contribution in [0.1, 0.15) is 24.8 Å². The molecule has 134 valence electrons. The van der Waals surface area contributed by atoms with Crippen LogP contribution in [0.3, 0.4) is 0 Å². The third kappa shape index (κ3) is 5.27. The second-order valence-corrected chi connectivity index (χ2v) is 5.97. The van der Waals surface area contributed by atoms with E-state index in [2.05, 4.69) is 9.97 Å². The minimum Gasteiger partial charge on any atom is -0.378 e. The molecule has 2 aromatic rings. The number of anilines is 2. The standard InChI is InChI=1S/C16H21ClN6O2/c17-13-7-3-2-6-12(13)11-22(9-5-1-4-8-18)16-20-10-14(23(24)25)15(19)21-16/h2-3,6-7,10H,1,4-5,8-9,11,18H2,(H2,19,20,21). The summed E-state index contributed by atoms with van der Waals surface area (Å²) in [5.74, 6) is 0.192. The van der Waals surface area contributed by atoms with Crippen molar-refractivity contribution in [1.82, 2.24) is 9.97 Å². The Morgan fingerprint density at radius 2 is 2.00 bits per heavy atom. The summed E-state index contributed by atoms with van der Waals surface area (Å²) in [7, 11) is 0. The summed E-state index contributed by atoms with van der Waals surface area (Å²) in [6.45, 7) is 1.80. The van der Waals surface area contributed by atoms with Crippen molar-refractivity contribution in [3.8, 4) is 0 Å². The molecule has 1 heterocycles. The molecule has 0 saturated heterocycles. The molecule has 8 nitrogen and oxygen atoms in total. The van der Waals surface area contributed by atoms with Gasteiger partial charge in [-0.1, -0.05) is 36.2 Å². The Balaban J connectivity index is 2.22. The van der Waals surface area contributed by atoms with Gasteiger partial charge in [-0.2, -0.15) is 4.98 Å². The van der Waals surface area contributed by atoms with Crippen molar-refractivity contribution in [2.24, 2.45) is 5.73 Å². The van der Waals surface area contributed by atoms with Gasteiger partial charge in [-0.15, -0.1) is 0 Å². The SMILES string of the molecule is NCCCCCN(Cc1ccccc1Cl)c1ncc([N+](=O)[O-])c(N)n1. The average Bonchev–Trinajstić information content (AvgIpc) is 2.59.